The van der Waals surface area contributed by atoms with Crippen molar-refractivity contribution in [2.75, 3.05) is 0 Å². The van der Waals surface area contributed by atoms with Crippen LogP contribution in [0.4, 0.5) is 22.0 Å². The molecule has 0 amide bonds. The van der Waals surface area contributed by atoms with Gasteiger partial charge in [-0.3, -0.25) is 0 Å². The van der Waals surface area contributed by atoms with E-state index in [9.17, 15) is 22.0 Å². The van der Waals surface area contributed by atoms with Crippen molar-refractivity contribution in [2.24, 2.45) is 0 Å². The monoisotopic (exact) mass is 256 g/mol. The van der Waals surface area contributed by atoms with E-state index in [1.807, 2.05) is 0 Å². The fourth-order valence-electron chi connectivity index (χ4n) is 1.17. The van der Waals surface area contributed by atoms with Gasteiger partial charge in [-0.15, -0.1) is 13.2 Å². The van der Waals surface area contributed by atoms with Crippen LogP contribution in [0.25, 0.3) is 0 Å². The molecule has 1 aromatic rings. The lowest BCUT2D eigenvalue weighted by molar-refractivity contribution is -0.274. The normalized spacial score (nSPS) is 11.8. The van der Waals surface area contributed by atoms with Crippen LogP contribution < -0.4 is 10.2 Å². The van der Waals surface area contributed by atoms with E-state index in [-0.39, 0.29) is 0 Å². The Kier molecular flexibility index (Phi) is 3.94. The molecule has 94 valence electrons. The number of halogens is 5. The quantitative estimate of drug-likeness (QED) is 0.631. The summed E-state index contributed by atoms with van der Waals surface area (Å²) in [7, 11) is -2.20. The third-order valence-electron chi connectivity index (χ3n) is 1.81. The first-order valence-corrected chi connectivity index (χ1v) is 4.24. The van der Waals surface area contributed by atoms with Crippen molar-refractivity contribution in [3.8, 4) is 5.75 Å². The number of benzene rings is 1. The summed E-state index contributed by atoms with van der Waals surface area (Å²) in [4.78, 5) is 0. The molecule has 0 bridgehead atoms. The molecule has 1 aromatic carbocycles. The zero-order valence-electron chi connectivity index (χ0n) is 8.08. The van der Waals surface area contributed by atoms with Crippen molar-refractivity contribution in [3.63, 3.8) is 0 Å². The molecule has 0 aliphatic rings. The van der Waals surface area contributed by atoms with E-state index >= 15 is 0 Å². The summed E-state index contributed by atoms with van der Waals surface area (Å²) >= 11 is 0. The van der Waals surface area contributed by atoms with E-state index in [2.05, 4.69) is 4.74 Å². The van der Waals surface area contributed by atoms with Crippen LogP contribution in [-0.2, 0) is 0 Å². The summed E-state index contributed by atoms with van der Waals surface area (Å²) in [6, 6.07) is 1.86. The molecule has 2 N–H and O–H groups in total. The lowest BCUT2D eigenvalue weighted by Gasteiger charge is -2.12. The van der Waals surface area contributed by atoms with Crippen LogP contribution in [0.15, 0.2) is 18.2 Å². The zero-order valence-corrected chi connectivity index (χ0v) is 8.08. The molecule has 0 saturated carbocycles. The molecule has 0 aromatic heterocycles. The van der Waals surface area contributed by atoms with E-state index in [1.165, 1.54) is 0 Å². The first-order chi connectivity index (χ1) is 7.70. The standard InChI is InChI=1S/C8H6BF5O3/c10-7(11)5-3-4(17-8(12,13)14)1-2-6(5)9(15)16/h1-3,7,15-16H. The van der Waals surface area contributed by atoms with Gasteiger partial charge in [0.05, 0.1) is 0 Å². The molecule has 17 heavy (non-hydrogen) atoms. The maximum absolute atomic E-state index is 12.4. The highest BCUT2D eigenvalue weighted by molar-refractivity contribution is 6.59. The summed E-state index contributed by atoms with van der Waals surface area (Å²) in [5, 5.41) is 17.5. The van der Waals surface area contributed by atoms with E-state index in [1.54, 1.807) is 0 Å². The predicted octanol–water partition coefficient (Wildman–Crippen LogP) is 1.20. The summed E-state index contributed by atoms with van der Waals surface area (Å²) in [5.41, 5.74) is -1.50. The molecule has 0 aliphatic heterocycles. The first-order valence-electron chi connectivity index (χ1n) is 4.24. The van der Waals surface area contributed by atoms with Gasteiger partial charge in [0.2, 0.25) is 0 Å². The number of ether oxygens (including phenoxy) is 1. The Morgan fingerprint density at radius 3 is 2.18 bits per heavy atom. The number of alkyl halides is 5. The topological polar surface area (TPSA) is 49.7 Å². The van der Waals surface area contributed by atoms with Crippen molar-refractivity contribution in [1.82, 2.24) is 0 Å². The lowest BCUT2D eigenvalue weighted by Crippen LogP contribution is -2.33. The molecular weight excluding hydrogens is 250 g/mol. The smallest absolute Gasteiger partial charge is 0.423 e. The molecule has 0 saturated heterocycles. The van der Waals surface area contributed by atoms with E-state index in [0.29, 0.717) is 12.1 Å². The van der Waals surface area contributed by atoms with Gasteiger partial charge in [0.25, 0.3) is 6.43 Å². The van der Waals surface area contributed by atoms with E-state index < -0.39 is 36.7 Å². The third kappa shape index (κ3) is 3.86. The Bertz CT molecular complexity index is 393. The Balaban J connectivity index is 3.10. The number of hydrogen-bond donors (Lipinski definition) is 2. The molecule has 1 rings (SSSR count). The third-order valence-corrected chi connectivity index (χ3v) is 1.81. The molecule has 0 heterocycles. The maximum Gasteiger partial charge on any atom is 0.573 e. The SMILES string of the molecule is OB(O)c1ccc(OC(F)(F)F)cc1C(F)F. The molecular formula is C8H6BF5O3. The molecule has 0 spiro atoms. The molecule has 0 fully saturated rings. The van der Waals surface area contributed by atoms with Gasteiger partial charge in [-0.1, -0.05) is 6.07 Å². The van der Waals surface area contributed by atoms with Gasteiger partial charge in [0.1, 0.15) is 5.75 Å². The van der Waals surface area contributed by atoms with Crippen LogP contribution in [-0.4, -0.2) is 23.5 Å². The van der Waals surface area contributed by atoms with Crippen molar-refractivity contribution >= 4 is 12.6 Å². The van der Waals surface area contributed by atoms with Crippen molar-refractivity contribution in [3.05, 3.63) is 23.8 Å². The molecule has 3 nitrogen and oxygen atoms in total. The van der Waals surface area contributed by atoms with Gasteiger partial charge in [-0.2, -0.15) is 0 Å². The van der Waals surface area contributed by atoms with Crippen LogP contribution in [0.3, 0.4) is 0 Å². The fourth-order valence-corrected chi connectivity index (χ4v) is 1.17. The van der Waals surface area contributed by atoms with E-state index in [0.717, 1.165) is 6.07 Å². The largest absolute Gasteiger partial charge is 0.573 e. The second-order valence-electron chi connectivity index (χ2n) is 3.01. The molecule has 0 radical (unpaired) electrons. The predicted molar refractivity (Wildman–Crippen MR) is 47.9 cm³/mol. The molecule has 0 atom stereocenters. The Labute approximate surface area is 92.6 Å². The van der Waals surface area contributed by atoms with Crippen molar-refractivity contribution < 1.29 is 36.7 Å². The van der Waals surface area contributed by atoms with E-state index in [4.69, 9.17) is 10.0 Å². The minimum absolute atomic E-state index is 0.410. The van der Waals surface area contributed by atoms with Gasteiger partial charge in [-0.25, -0.2) is 8.78 Å². The fraction of sp³-hybridized carbons (Fsp3) is 0.250. The molecule has 9 heteroatoms. The highest BCUT2D eigenvalue weighted by atomic mass is 19.4. The van der Waals surface area contributed by atoms with Gasteiger partial charge >= 0.3 is 13.5 Å². The lowest BCUT2D eigenvalue weighted by atomic mass is 9.77. The number of rotatable bonds is 3. The van der Waals surface area contributed by atoms with Crippen LogP contribution >= 0.6 is 0 Å². The average molecular weight is 256 g/mol. The second kappa shape index (κ2) is 4.88. The van der Waals surface area contributed by atoms with Crippen LogP contribution in [0.2, 0.25) is 0 Å². The summed E-state index contributed by atoms with van der Waals surface area (Å²) in [6.07, 6.45) is -8.15. The van der Waals surface area contributed by atoms with Crippen LogP contribution in [0.5, 0.6) is 5.75 Å². The molecule has 0 aliphatic carbocycles. The summed E-state index contributed by atoms with van der Waals surface area (Å²) in [6.45, 7) is 0. The molecule has 0 unspecified atom stereocenters. The van der Waals surface area contributed by atoms with Gasteiger partial charge in [0, 0.05) is 5.56 Å². The highest BCUT2D eigenvalue weighted by Crippen LogP contribution is 2.26. The van der Waals surface area contributed by atoms with Crippen molar-refractivity contribution in [1.29, 1.82) is 0 Å². The van der Waals surface area contributed by atoms with Crippen LogP contribution in [0, 0.1) is 0 Å². The first kappa shape index (κ1) is 13.7. The Morgan fingerprint density at radius 2 is 1.76 bits per heavy atom. The van der Waals surface area contributed by atoms with Crippen molar-refractivity contribution in [2.45, 2.75) is 12.8 Å². The van der Waals surface area contributed by atoms with Gasteiger partial charge in [-0.05, 0) is 17.6 Å². The minimum Gasteiger partial charge on any atom is -0.423 e. The Hall–Kier alpha value is -1.35. The summed E-state index contributed by atoms with van der Waals surface area (Å²) < 4.78 is 63.8. The second-order valence-corrected chi connectivity index (χ2v) is 3.01. The average Bonchev–Trinajstić information content (AvgIpc) is 2.14. The number of hydrogen-bond acceptors (Lipinski definition) is 3. The van der Waals surface area contributed by atoms with Gasteiger partial charge < -0.3 is 14.8 Å². The maximum atomic E-state index is 12.4. The Morgan fingerprint density at radius 1 is 1.18 bits per heavy atom. The minimum atomic E-state index is -5.00. The summed E-state index contributed by atoms with van der Waals surface area (Å²) in [5.74, 6) is -0.850. The highest BCUT2D eigenvalue weighted by Gasteiger charge is 2.32. The van der Waals surface area contributed by atoms with Crippen LogP contribution in [0.1, 0.15) is 12.0 Å². The zero-order chi connectivity index (χ0) is 13.2. The van der Waals surface area contributed by atoms with Gasteiger partial charge in [0.15, 0.2) is 0 Å².